The standard InChI is InChI=1S/C12H15F4NOS/c1-8(19(2)18)6-17-7-9-3-4-11(13)10(5-9)12(14,15)16/h3-5,8,17H,6-7H2,1-2H3. The molecule has 0 fully saturated rings. The average molecular weight is 297 g/mol. The van der Waals surface area contributed by atoms with Crippen molar-refractivity contribution >= 4 is 10.8 Å². The van der Waals surface area contributed by atoms with Gasteiger partial charge in [-0.15, -0.1) is 0 Å². The first-order valence-corrected chi connectivity index (χ1v) is 7.22. The summed E-state index contributed by atoms with van der Waals surface area (Å²) in [6, 6.07) is 2.89. The van der Waals surface area contributed by atoms with E-state index in [2.05, 4.69) is 5.32 Å². The molecule has 0 bridgehead atoms. The zero-order valence-corrected chi connectivity index (χ0v) is 11.4. The van der Waals surface area contributed by atoms with Crippen LogP contribution >= 0.6 is 0 Å². The Kier molecular flexibility index (Phi) is 5.49. The molecular formula is C12H15F4NOS. The first-order valence-electron chi connectivity index (χ1n) is 5.60. The lowest BCUT2D eigenvalue weighted by Gasteiger charge is -2.12. The minimum absolute atomic E-state index is 0.0949. The van der Waals surface area contributed by atoms with Crippen molar-refractivity contribution < 1.29 is 21.8 Å². The molecule has 1 aromatic carbocycles. The molecule has 0 radical (unpaired) electrons. The summed E-state index contributed by atoms with van der Waals surface area (Å²) in [5.74, 6) is -1.28. The number of hydrogen-bond donors (Lipinski definition) is 1. The summed E-state index contributed by atoms with van der Waals surface area (Å²) in [7, 11) is -0.993. The van der Waals surface area contributed by atoms with Crippen LogP contribution in [0, 0.1) is 5.82 Å². The Labute approximate surface area is 111 Å². The number of nitrogens with one attached hydrogen (secondary N) is 1. The van der Waals surface area contributed by atoms with Gasteiger partial charge in [0.1, 0.15) is 5.82 Å². The molecule has 2 atom stereocenters. The molecule has 2 nitrogen and oxygen atoms in total. The zero-order chi connectivity index (χ0) is 14.6. The minimum Gasteiger partial charge on any atom is -0.311 e. The lowest BCUT2D eigenvalue weighted by atomic mass is 10.1. The molecule has 1 N–H and O–H groups in total. The summed E-state index contributed by atoms with van der Waals surface area (Å²) in [6.07, 6.45) is -3.13. The van der Waals surface area contributed by atoms with Gasteiger partial charge in [-0.1, -0.05) is 6.07 Å². The molecule has 0 saturated heterocycles. The Morgan fingerprint density at radius 3 is 2.53 bits per heavy atom. The normalized spacial score (nSPS) is 15.3. The summed E-state index contributed by atoms with van der Waals surface area (Å²) < 4.78 is 61.6. The van der Waals surface area contributed by atoms with Gasteiger partial charge in [0.25, 0.3) is 0 Å². The van der Waals surface area contributed by atoms with Crippen LogP contribution in [0.5, 0.6) is 0 Å². The van der Waals surface area contributed by atoms with Gasteiger partial charge in [-0.2, -0.15) is 13.2 Å². The van der Waals surface area contributed by atoms with Gasteiger partial charge in [0, 0.05) is 35.4 Å². The van der Waals surface area contributed by atoms with E-state index < -0.39 is 28.4 Å². The molecule has 1 aromatic rings. The minimum atomic E-state index is -4.70. The average Bonchev–Trinajstić information content (AvgIpc) is 2.29. The second-order valence-corrected chi connectivity index (χ2v) is 6.05. The van der Waals surface area contributed by atoms with E-state index in [-0.39, 0.29) is 11.8 Å². The van der Waals surface area contributed by atoms with Crippen molar-refractivity contribution in [1.29, 1.82) is 0 Å². The van der Waals surface area contributed by atoms with Crippen LogP contribution in [0.4, 0.5) is 17.6 Å². The molecule has 0 aliphatic rings. The summed E-state index contributed by atoms with van der Waals surface area (Å²) in [5.41, 5.74) is -0.929. The predicted molar refractivity (Wildman–Crippen MR) is 66.6 cm³/mol. The molecular weight excluding hydrogens is 282 g/mol. The quantitative estimate of drug-likeness (QED) is 0.847. The van der Waals surface area contributed by atoms with E-state index in [1.54, 1.807) is 13.2 Å². The van der Waals surface area contributed by atoms with Gasteiger partial charge in [-0.25, -0.2) is 4.39 Å². The maximum absolute atomic E-state index is 13.0. The van der Waals surface area contributed by atoms with Crippen LogP contribution < -0.4 is 5.32 Å². The Morgan fingerprint density at radius 2 is 2.00 bits per heavy atom. The van der Waals surface area contributed by atoms with Crippen LogP contribution in [-0.4, -0.2) is 22.3 Å². The second kappa shape index (κ2) is 6.47. The van der Waals surface area contributed by atoms with E-state index in [0.717, 1.165) is 12.1 Å². The van der Waals surface area contributed by atoms with Crippen LogP contribution in [0.2, 0.25) is 0 Å². The summed E-state index contributed by atoms with van der Waals surface area (Å²) >= 11 is 0. The monoisotopic (exact) mass is 297 g/mol. The molecule has 2 unspecified atom stereocenters. The van der Waals surface area contributed by atoms with Crippen LogP contribution in [0.1, 0.15) is 18.1 Å². The fraction of sp³-hybridized carbons (Fsp3) is 0.500. The molecule has 0 amide bonds. The highest BCUT2D eigenvalue weighted by Crippen LogP contribution is 2.31. The zero-order valence-electron chi connectivity index (χ0n) is 10.6. The van der Waals surface area contributed by atoms with E-state index >= 15 is 0 Å². The lowest BCUT2D eigenvalue weighted by molar-refractivity contribution is -0.140. The van der Waals surface area contributed by atoms with Crippen LogP contribution in [-0.2, 0) is 23.5 Å². The fourth-order valence-corrected chi connectivity index (χ4v) is 1.79. The number of halogens is 4. The van der Waals surface area contributed by atoms with Crippen molar-refractivity contribution in [3.05, 3.63) is 35.1 Å². The van der Waals surface area contributed by atoms with Crippen LogP contribution in [0.3, 0.4) is 0 Å². The molecule has 7 heteroatoms. The number of benzene rings is 1. The molecule has 0 saturated carbocycles. The molecule has 0 aliphatic heterocycles. The Balaban J connectivity index is 2.68. The van der Waals surface area contributed by atoms with Gasteiger partial charge in [0.15, 0.2) is 0 Å². The highest BCUT2D eigenvalue weighted by atomic mass is 32.2. The topological polar surface area (TPSA) is 29.1 Å². The molecule has 0 aliphatic carbocycles. The maximum atomic E-state index is 13.0. The predicted octanol–water partition coefficient (Wildman–Crippen LogP) is 2.70. The Morgan fingerprint density at radius 1 is 1.37 bits per heavy atom. The molecule has 19 heavy (non-hydrogen) atoms. The van der Waals surface area contributed by atoms with E-state index in [4.69, 9.17) is 0 Å². The van der Waals surface area contributed by atoms with Crippen molar-refractivity contribution in [3.8, 4) is 0 Å². The number of alkyl halides is 3. The highest BCUT2D eigenvalue weighted by Gasteiger charge is 2.34. The van der Waals surface area contributed by atoms with E-state index in [9.17, 15) is 21.8 Å². The van der Waals surface area contributed by atoms with Crippen molar-refractivity contribution in [3.63, 3.8) is 0 Å². The molecule has 0 heterocycles. The van der Waals surface area contributed by atoms with Gasteiger partial charge >= 0.3 is 6.18 Å². The van der Waals surface area contributed by atoms with E-state index in [0.29, 0.717) is 12.1 Å². The van der Waals surface area contributed by atoms with Crippen molar-refractivity contribution in [2.75, 3.05) is 12.8 Å². The molecule has 0 spiro atoms. The third-order valence-corrected chi connectivity index (χ3v) is 3.96. The fourth-order valence-electron chi connectivity index (χ4n) is 1.44. The highest BCUT2D eigenvalue weighted by molar-refractivity contribution is 7.84. The third kappa shape index (κ3) is 4.91. The third-order valence-electron chi connectivity index (χ3n) is 2.66. The summed E-state index contributed by atoms with van der Waals surface area (Å²) in [5, 5.41) is 2.80. The molecule has 1 rings (SSSR count). The van der Waals surface area contributed by atoms with Gasteiger partial charge in [-0.05, 0) is 24.6 Å². The Bertz CT molecular complexity index is 462. The van der Waals surface area contributed by atoms with Crippen molar-refractivity contribution in [1.82, 2.24) is 5.32 Å². The second-order valence-electron chi connectivity index (χ2n) is 4.25. The van der Waals surface area contributed by atoms with E-state index in [1.165, 1.54) is 6.07 Å². The van der Waals surface area contributed by atoms with Crippen LogP contribution in [0.15, 0.2) is 18.2 Å². The van der Waals surface area contributed by atoms with Gasteiger partial charge in [0.05, 0.1) is 5.56 Å². The largest absolute Gasteiger partial charge is 0.419 e. The van der Waals surface area contributed by atoms with E-state index in [1.807, 2.05) is 0 Å². The molecule has 0 aromatic heterocycles. The SMILES string of the molecule is CC(CNCc1ccc(F)c(C(F)(F)F)c1)S(C)=O. The molecule has 108 valence electrons. The smallest absolute Gasteiger partial charge is 0.311 e. The first-order chi connectivity index (χ1) is 8.71. The number of hydrogen-bond acceptors (Lipinski definition) is 2. The Hall–Kier alpha value is -0.950. The first kappa shape index (κ1) is 16.1. The van der Waals surface area contributed by atoms with Crippen molar-refractivity contribution in [2.45, 2.75) is 24.9 Å². The van der Waals surface area contributed by atoms with Gasteiger partial charge in [0.2, 0.25) is 0 Å². The lowest BCUT2D eigenvalue weighted by Crippen LogP contribution is -2.27. The maximum Gasteiger partial charge on any atom is 0.419 e. The van der Waals surface area contributed by atoms with Gasteiger partial charge < -0.3 is 5.32 Å². The summed E-state index contributed by atoms with van der Waals surface area (Å²) in [4.78, 5) is 0. The van der Waals surface area contributed by atoms with Gasteiger partial charge in [-0.3, -0.25) is 4.21 Å². The van der Waals surface area contributed by atoms with Crippen molar-refractivity contribution in [2.24, 2.45) is 0 Å². The summed E-state index contributed by atoms with van der Waals surface area (Å²) in [6.45, 7) is 2.36. The van der Waals surface area contributed by atoms with Crippen LogP contribution in [0.25, 0.3) is 0 Å². The number of rotatable bonds is 5.